The van der Waals surface area contributed by atoms with Crippen molar-refractivity contribution < 1.29 is 9.90 Å². The van der Waals surface area contributed by atoms with Gasteiger partial charge in [0.25, 0.3) is 0 Å². The Kier molecular flexibility index (Phi) is 7.07. The smallest absolute Gasteiger partial charge is 0.303 e. The molecule has 172 valence electrons. The Morgan fingerprint density at radius 2 is 1.48 bits per heavy atom. The first-order valence-corrected chi connectivity index (χ1v) is 11.9. The molecule has 0 spiro atoms. The second-order valence-electron chi connectivity index (χ2n) is 9.22. The van der Waals surface area contributed by atoms with Crippen LogP contribution in [0.2, 0.25) is 0 Å². The van der Waals surface area contributed by atoms with Crippen LogP contribution in [-0.2, 0) is 11.2 Å². The number of unbranched alkanes of at least 4 members (excludes halogenated alkanes) is 2. The maximum Gasteiger partial charge on any atom is 0.303 e. The van der Waals surface area contributed by atoms with Crippen molar-refractivity contribution in [1.82, 2.24) is 9.97 Å². The molecule has 5 nitrogen and oxygen atoms in total. The number of carbonyl (C=O) groups is 1. The first-order chi connectivity index (χ1) is 15.9. The summed E-state index contributed by atoms with van der Waals surface area (Å²) in [6.07, 6.45) is 6.02. The van der Waals surface area contributed by atoms with Crippen LogP contribution in [0.25, 0.3) is 22.5 Å². The monoisotopic (exact) mass is 443 g/mol. The molecule has 0 saturated heterocycles. The summed E-state index contributed by atoms with van der Waals surface area (Å²) in [7, 11) is 2.12. The minimum atomic E-state index is -0.706. The van der Waals surface area contributed by atoms with Crippen molar-refractivity contribution in [2.45, 2.75) is 64.8 Å². The molecule has 0 amide bonds. The van der Waals surface area contributed by atoms with Gasteiger partial charge in [0.1, 0.15) is 0 Å². The van der Waals surface area contributed by atoms with Crippen molar-refractivity contribution in [2.24, 2.45) is 0 Å². The van der Waals surface area contributed by atoms with E-state index in [2.05, 4.69) is 74.3 Å². The zero-order valence-electron chi connectivity index (χ0n) is 19.8. The third kappa shape index (κ3) is 5.41. The van der Waals surface area contributed by atoms with E-state index in [0.29, 0.717) is 6.04 Å². The van der Waals surface area contributed by atoms with E-state index in [-0.39, 0.29) is 6.42 Å². The molecule has 33 heavy (non-hydrogen) atoms. The summed E-state index contributed by atoms with van der Waals surface area (Å²) in [6, 6.07) is 17.4. The van der Waals surface area contributed by atoms with Crippen LogP contribution in [0.5, 0.6) is 0 Å². The summed E-state index contributed by atoms with van der Waals surface area (Å²) in [5.74, 6) is 0.269. The average molecular weight is 444 g/mol. The first-order valence-electron chi connectivity index (χ1n) is 11.9. The fourth-order valence-electron chi connectivity index (χ4n) is 4.58. The predicted octanol–water partition coefficient (Wildman–Crippen LogP) is 6.21. The highest BCUT2D eigenvalue weighted by Gasteiger charge is 2.27. The third-order valence-corrected chi connectivity index (χ3v) is 6.62. The second kappa shape index (κ2) is 10.2. The van der Waals surface area contributed by atoms with Crippen LogP contribution in [-0.4, -0.2) is 34.1 Å². The molecule has 0 fully saturated rings. The molecule has 0 saturated carbocycles. The lowest BCUT2D eigenvalue weighted by Gasteiger charge is -2.35. The van der Waals surface area contributed by atoms with Crippen molar-refractivity contribution in [3.63, 3.8) is 0 Å². The van der Waals surface area contributed by atoms with Gasteiger partial charge in [-0.15, -0.1) is 0 Å². The van der Waals surface area contributed by atoms with Gasteiger partial charge in [-0.05, 0) is 39.5 Å². The van der Waals surface area contributed by atoms with Gasteiger partial charge in [0, 0.05) is 30.6 Å². The summed E-state index contributed by atoms with van der Waals surface area (Å²) >= 11 is 0. The highest BCUT2D eigenvalue weighted by atomic mass is 16.4. The summed E-state index contributed by atoms with van der Waals surface area (Å²) in [5, 5.41) is 8.84. The highest BCUT2D eigenvalue weighted by Crippen LogP contribution is 2.36. The maximum absolute atomic E-state index is 10.7. The van der Waals surface area contributed by atoms with Crippen LogP contribution in [0.3, 0.4) is 0 Å². The number of rotatable bonds is 8. The minimum Gasteiger partial charge on any atom is -0.481 e. The van der Waals surface area contributed by atoms with E-state index in [1.54, 1.807) is 0 Å². The molecule has 5 heteroatoms. The van der Waals surface area contributed by atoms with Gasteiger partial charge in [-0.1, -0.05) is 72.5 Å². The molecule has 2 aromatic carbocycles. The van der Waals surface area contributed by atoms with E-state index in [4.69, 9.17) is 15.1 Å². The Labute approximate surface area is 196 Å². The van der Waals surface area contributed by atoms with E-state index >= 15 is 0 Å². The molecule has 1 N–H and O–H groups in total. The van der Waals surface area contributed by atoms with Crippen molar-refractivity contribution in [1.29, 1.82) is 0 Å². The van der Waals surface area contributed by atoms with Gasteiger partial charge >= 0.3 is 5.97 Å². The molecule has 1 aliphatic rings. The molecule has 0 radical (unpaired) electrons. The molecule has 0 bridgehead atoms. The number of hydrogen-bond acceptors (Lipinski definition) is 4. The van der Waals surface area contributed by atoms with Gasteiger partial charge in [0.15, 0.2) is 5.82 Å². The lowest BCUT2D eigenvalue weighted by Crippen LogP contribution is -2.37. The SMILES string of the molecule is Cc1ccc(-c2nc3c(nc2-c2ccc(C)cc2)N(C)C(CCCCCC(=O)O)CC3)cc1. The molecule has 0 aliphatic carbocycles. The topological polar surface area (TPSA) is 66.3 Å². The molecular formula is C28H33N3O2. The van der Waals surface area contributed by atoms with Gasteiger partial charge in [-0.3, -0.25) is 4.79 Å². The summed E-state index contributed by atoms with van der Waals surface area (Å²) in [6.45, 7) is 4.19. The zero-order chi connectivity index (χ0) is 23.4. The summed E-state index contributed by atoms with van der Waals surface area (Å²) < 4.78 is 0. The van der Waals surface area contributed by atoms with E-state index in [1.807, 2.05) is 0 Å². The normalized spacial score (nSPS) is 15.4. The van der Waals surface area contributed by atoms with Crippen LogP contribution in [0.15, 0.2) is 48.5 Å². The lowest BCUT2D eigenvalue weighted by atomic mass is 9.96. The van der Waals surface area contributed by atoms with Gasteiger partial charge < -0.3 is 10.0 Å². The third-order valence-electron chi connectivity index (χ3n) is 6.62. The van der Waals surface area contributed by atoms with Crippen LogP contribution in [0.4, 0.5) is 5.82 Å². The lowest BCUT2D eigenvalue weighted by molar-refractivity contribution is -0.137. The predicted molar refractivity (Wildman–Crippen MR) is 134 cm³/mol. The Morgan fingerprint density at radius 3 is 2.06 bits per heavy atom. The number of aromatic nitrogens is 2. The van der Waals surface area contributed by atoms with Crippen molar-refractivity contribution in [2.75, 3.05) is 11.9 Å². The second-order valence-corrected chi connectivity index (χ2v) is 9.22. The minimum absolute atomic E-state index is 0.260. The average Bonchev–Trinajstić information content (AvgIpc) is 2.80. The van der Waals surface area contributed by atoms with Crippen LogP contribution in [0.1, 0.15) is 55.3 Å². The number of nitrogens with zero attached hydrogens (tertiary/aromatic N) is 3. The zero-order valence-corrected chi connectivity index (χ0v) is 19.8. The fraction of sp³-hybridized carbons (Fsp3) is 0.393. The molecular weight excluding hydrogens is 410 g/mol. The van der Waals surface area contributed by atoms with Gasteiger partial charge in [-0.2, -0.15) is 0 Å². The summed E-state index contributed by atoms with van der Waals surface area (Å²) in [5.41, 5.74) is 7.55. The van der Waals surface area contributed by atoms with Crippen LogP contribution in [0, 0.1) is 13.8 Å². The Bertz CT molecular complexity index is 1110. The van der Waals surface area contributed by atoms with Crippen molar-refractivity contribution in [3.8, 4) is 22.5 Å². The number of fused-ring (bicyclic) bond motifs is 1. The maximum atomic E-state index is 10.7. The van der Waals surface area contributed by atoms with E-state index in [9.17, 15) is 4.79 Å². The highest BCUT2D eigenvalue weighted by molar-refractivity contribution is 5.80. The Hall–Kier alpha value is -3.21. The fourth-order valence-corrected chi connectivity index (χ4v) is 4.58. The molecule has 1 atom stereocenters. The number of carboxylic acids is 1. The van der Waals surface area contributed by atoms with Crippen LogP contribution >= 0.6 is 0 Å². The largest absolute Gasteiger partial charge is 0.481 e. The molecule has 1 unspecified atom stereocenters. The number of hydrogen-bond donors (Lipinski definition) is 1. The molecule has 2 heterocycles. The molecule has 4 rings (SSSR count). The molecule has 1 aromatic heterocycles. The van der Waals surface area contributed by atoms with E-state index < -0.39 is 5.97 Å². The quantitative estimate of drug-likeness (QED) is 0.419. The number of carboxylic acid groups (broad SMARTS) is 1. The van der Waals surface area contributed by atoms with Gasteiger partial charge in [-0.25, -0.2) is 9.97 Å². The van der Waals surface area contributed by atoms with Crippen molar-refractivity contribution in [3.05, 3.63) is 65.4 Å². The van der Waals surface area contributed by atoms with Crippen LogP contribution < -0.4 is 4.90 Å². The first kappa shape index (κ1) is 23.0. The van der Waals surface area contributed by atoms with Crippen molar-refractivity contribution >= 4 is 11.8 Å². The van der Waals surface area contributed by atoms with Gasteiger partial charge in [0.05, 0.1) is 17.1 Å². The Morgan fingerprint density at radius 1 is 0.909 bits per heavy atom. The number of anilines is 1. The van der Waals surface area contributed by atoms with E-state index in [0.717, 1.165) is 72.6 Å². The molecule has 3 aromatic rings. The number of benzene rings is 2. The standard InChI is InChI=1S/C28H33N3O2/c1-19-9-13-21(14-10-19)26-27(22-15-11-20(2)12-16-22)30-28-24(29-26)18-17-23(31(28)3)7-5-4-6-8-25(32)33/h9-16,23H,4-8,17-18H2,1-3H3,(H,32,33). The van der Waals surface area contributed by atoms with E-state index in [1.165, 1.54) is 11.1 Å². The Balaban J connectivity index is 1.64. The molecule has 1 aliphatic heterocycles. The van der Waals surface area contributed by atoms with Gasteiger partial charge in [0.2, 0.25) is 0 Å². The number of aliphatic carboxylic acids is 1. The number of aryl methyl sites for hydroxylation is 3. The summed E-state index contributed by atoms with van der Waals surface area (Å²) in [4.78, 5) is 23.4.